The minimum atomic E-state index is 0.399. The fraction of sp³-hybridized carbons (Fsp3) is 0.300. The summed E-state index contributed by atoms with van der Waals surface area (Å²) in [4.78, 5) is 2.20. The first kappa shape index (κ1) is 16.4. The molecule has 1 aromatic heterocycles. The predicted octanol–water partition coefficient (Wildman–Crippen LogP) is 3.92. The van der Waals surface area contributed by atoms with Crippen LogP contribution in [-0.2, 0) is 6.54 Å². The monoisotopic (exact) mass is 320 g/mol. The van der Waals surface area contributed by atoms with Crippen LogP contribution >= 0.6 is 0 Å². The molecule has 3 aromatic rings. The molecule has 0 bridgehead atoms. The summed E-state index contributed by atoms with van der Waals surface area (Å²) in [5.74, 6) is 0. The highest BCUT2D eigenvalue weighted by atomic mass is 15.4. The molecule has 0 aliphatic rings. The van der Waals surface area contributed by atoms with Gasteiger partial charge in [0.05, 0.1) is 12.7 Å². The van der Waals surface area contributed by atoms with E-state index in [1.807, 2.05) is 10.9 Å². The van der Waals surface area contributed by atoms with Gasteiger partial charge in [0.25, 0.3) is 0 Å². The van der Waals surface area contributed by atoms with Gasteiger partial charge in [0, 0.05) is 11.6 Å². The van der Waals surface area contributed by atoms with E-state index in [9.17, 15) is 0 Å². The Bertz CT molecular complexity index is 785. The second kappa shape index (κ2) is 6.97. The van der Waals surface area contributed by atoms with Crippen molar-refractivity contribution >= 4 is 0 Å². The second-order valence-corrected chi connectivity index (χ2v) is 6.55. The number of aryl methyl sites for hydroxylation is 1. The van der Waals surface area contributed by atoms with Crippen LogP contribution in [0, 0.1) is 6.92 Å². The van der Waals surface area contributed by atoms with Gasteiger partial charge in [0.2, 0.25) is 0 Å². The molecule has 0 unspecified atom stereocenters. The standard InChI is InChI=1S/C20H24N4/c1-15-5-7-17(8-6-15)13-24-14-20(21-22-24)19-11-9-18(10-12-19)16(2)23(3)4/h5-12,14,16H,13H2,1-4H3/t16-/m0/s1. The maximum atomic E-state index is 4.31. The highest BCUT2D eigenvalue weighted by Gasteiger charge is 2.09. The van der Waals surface area contributed by atoms with E-state index in [1.54, 1.807) is 0 Å². The molecule has 0 fully saturated rings. The molecule has 1 heterocycles. The number of benzene rings is 2. The molecule has 0 saturated carbocycles. The summed E-state index contributed by atoms with van der Waals surface area (Å²) in [5.41, 5.74) is 5.80. The Labute approximate surface area is 143 Å². The van der Waals surface area contributed by atoms with Crippen LogP contribution < -0.4 is 0 Å². The molecule has 0 amide bonds. The Morgan fingerprint density at radius 1 is 1.00 bits per heavy atom. The van der Waals surface area contributed by atoms with Gasteiger partial charge in [0.1, 0.15) is 5.69 Å². The van der Waals surface area contributed by atoms with Gasteiger partial charge in [-0.25, -0.2) is 4.68 Å². The summed E-state index contributed by atoms with van der Waals surface area (Å²) in [6.45, 7) is 5.04. The average molecular weight is 320 g/mol. The predicted molar refractivity (Wildman–Crippen MR) is 97.8 cm³/mol. The van der Waals surface area contributed by atoms with Crippen LogP contribution in [-0.4, -0.2) is 34.0 Å². The molecule has 0 saturated heterocycles. The fourth-order valence-corrected chi connectivity index (χ4v) is 2.62. The third-order valence-electron chi connectivity index (χ3n) is 4.47. The molecule has 0 aliphatic heterocycles. The van der Waals surface area contributed by atoms with Crippen molar-refractivity contribution in [2.45, 2.75) is 26.4 Å². The van der Waals surface area contributed by atoms with Gasteiger partial charge in [0.15, 0.2) is 0 Å². The minimum Gasteiger partial charge on any atom is -0.303 e. The van der Waals surface area contributed by atoms with E-state index in [0.29, 0.717) is 6.04 Å². The van der Waals surface area contributed by atoms with E-state index in [2.05, 4.69) is 91.7 Å². The summed E-state index contributed by atoms with van der Waals surface area (Å²) < 4.78 is 1.89. The van der Waals surface area contributed by atoms with Crippen LogP contribution in [0.5, 0.6) is 0 Å². The van der Waals surface area contributed by atoms with Crippen LogP contribution in [0.15, 0.2) is 54.7 Å². The topological polar surface area (TPSA) is 34.0 Å². The molecule has 24 heavy (non-hydrogen) atoms. The van der Waals surface area contributed by atoms with Crippen molar-refractivity contribution in [3.05, 3.63) is 71.4 Å². The summed E-state index contributed by atoms with van der Waals surface area (Å²) in [7, 11) is 4.19. The van der Waals surface area contributed by atoms with Gasteiger partial charge in [-0.05, 0) is 39.1 Å². The minimum absolute atomic E-state index is 0.399. The zero-order valence-electron chi connectivity index (χ0n) is 14.8. The van der Waals surface area contributed by atoms with Crippen molar-refractivity contribution in [2.24, 2.45) is 0 Å². The normalized spacial score (nSPS) is 12.5. The quantitative estimate of drug-likeness (QED) is 0.714. The lowest BCUT2D eigenvalue weighted by Gasteiger charge is -2.20. The largest absolute Gasteiger partial charge is 0.303 e. The number of hydrogen-bond acceptors (Lipinski definition) is 3. The molecule has 4 heteroatoms. The summed E-state index contributed by atoms with van der Waals surface area (Å²) in [5, 5.41) is 8.57. The van der Waals surface area contributed by atoms with Crippen molar-refractivity contribution in [1.82, 2.24) is 19.9 Å². The van der Waals surface area contributed by atoms with Crippen molar-refractivity contribution in [3.8, 4) is 11.3 Å². The van der Waals surface area contributed by atoms with E-state index in [1.165, 1.54) is 16.7 Å². The summed E-state index contributed by atoms with van der Waals surface area (Å²) >= 11 is 0. The van der Waals surface area contributed by atoms with Gasteiger partial charge in [-0.2, -0.15) is 0 Å². The molecule has 1 atom stereocenters. The van der Waals surface area contributed by atoms with Gasteiger partial charge < -0.3 is 4.90 Å². The maximum Gasteiger partial charge on any atom is 0.113 e. The van der Waals surface area contributed by atoms with Gasteiger partial charge in [-0.1, -0.05) is 59.3 Å². The van der Waals surface area contributed by atoms with Crippen LogP contribution in [0.25, 0.3) is 11.3 Å². The lowest BCUT2D eigenvalue weighted by Crippen LogP contribution is -2.16. The Hall–Kier alpha value is -2.46. The van der Waals surface area contributed by atoms with Crippen LogP contribution in [0.3, 0.4) is 0 Å². The first-order chi connectivity index (χ1) is 11.5. The Kier molecular flexibility index (Phi) is 4.76. The first-order valence-corrected chi connectivity index (χ1v) is 8.25. The molecule has 2 aromatic carbocycles. The number of nitrogens with zero attached hydrogens (tertiary/aromatic N) is 4. The summed E-state index contributed by atoms with van der Waals surface area (Å²) in [6.07, 6.45) is 2.00. The zero-order chi connectivity index (χ0) is 17.1. The molecule has 124 valence electrons. The van der Waals surface area contributed by atoms with E-state index in [-0.39, 0.29) is 0 Å². The van der Waals surface area contributed by atoms with Crippen molar-refractivity contribution < 1.29 is 0 Å². The molecule has 0 aliphatic carbocycles. The molecule has 4 nitrogen and oxygen atoms in total. The highest BCUT2D eigenvalue weighted by molar-refractivity contribution is 5.58. The number of rotatable bonds is 5. The van der Waals surface area contributed by atoms with E-state index >= 15 is 0 Å². The Morgan fingerprint density at radius 3 is 2.29 bits per heavy atom. The van der Waals surface area contributed by atoms with E-state index < -0.39 is 0 Å². The van der Waals surface area contributed by atoms with E-state index in [4.69, 9.17) is 0 Å². The first-order valence-electron chi connectivity index (χ1n) is 8.25. The van der Waals surface area contributed by atoms with E-state index in [0.717, 1.165) is 17.8 Å². The Balaban J connectivity index is 1.74. The third kappa shape index (κ3) is 3.71. The lowest BCUT2D eigenvalue weighted by atomic mass is 10.0. The molecule has 0 N–H and O–H groups in total. The Morgan fingerprint density at radius 2 is 1.67 bits per heavy atom. The number of hydrogen-bond donors (Lipinski definition) is 0. The van der Waals surface area contributed by atoms with Crippen molar-refractivity contribution in [2.75, 3.05) is 14.1 Å². The highest BCUT2D eigenvalue weighted by Crippen LogP contribution is 2.22. The zero-order valence-corrected chi connectivity index (χ0v) is 14.8. The van der Waals surface area contributed by atoms with Crippen LogP contribution in [0.2, 0.25) is 0 Å². The van der Waals surface area contributed by atoms with Gasteiger partial charge in [-0.15, -0.1) is 5.10 Å². The maximum absolute atomic E-state index is 4.31. The SMILES string of the molecule is Cc1ccc(Cn2cc(-c3ccc([C@H](C)N(C)C)cc3)nn2)cc1. The molecule has 0 spiro atoms. The molecular weight excluding hydrogens is 296 g/mol. The van der Waals surface area contributed by atoms with Crippen LogP contribution in [0.1, 0.15) is 29.7 Å². The lowest BCUT2D eigenvalue weighted by molar-refractivity contribution is 0.321. The van der Waals surface area contributed by atoms with Crippen molar-refractivity contribution in [3.63, 3.8) is 0 Å². The van der Waals surface area contributed by atoms with Crippen LogP contribution in [0.4, 0.5) is 0 Å². The average Bonchev–Trinajstić information content (AvgIpc) is 3.05. The number of aromatic nitrogens is 3. The molecule has 3 rings (SSSR count). The third-order valence-corrected chi connectivity index (χ3v) is 4.47. The van der Waals surface area contributed by atoms with Gasteiger partial charge >= 0.3 is 0 Å². The van der Waals surface area contributed by atoms with Crippen molar-refractivity contribution in [1.29, 1.82) is 0 Å². The second-order valence-electron chi connectivity index (χ2n) is 6.55. The van der Waals surface area contributed by atoms with Gasteiger partial charge in [-0.3, -0.25) is 0 Å². The summed E-state index contributed by atoms with van der Waals surface area (Å²) in [6, 6.07) is 17.5. The molecular formula is C20H24N4. The fourth-order valence-electron chi connectivity index (χ4n) is 2.62. The molecule has 0 radical (unpaired) electrons. The smallest absolute Gasteiger partial charge is 0.113 e.